The van der Waals surface area contributed by atoms with Gasteiger partial charge in [0.25, 0.3) is 0 Å². The lowest BCUT2D eigenvalue weighted by Gasteiger charge is -2.32. The molecule has 10 heavy (non-hydrogen) atoms. The van der Waals surface area contributed by atoms with E-state index in [0.717, 1.165) is 6.61 Å². The number of methoxy groups -OCH3 is 1. The van der Waals surface area contributed by atoms with Crippen LogP contribution in [0.25, 0.3) is 0 Å². The van der Waals surface area contributed by atoms with Crippen molar-refractivity contribution in [2.24, 2.45) is 5.41 Å². The fourth-order valence-corrected chi connectivity index (χ4v) is 1.90. The van der Waals surface area contributed by atoms with Gasteiger partial charge in [0.05, 0.1) is 6.61 Å². The largest absolute Gasteiger partial charge is 0.384 e. The van der Waals surface area contributed by atoms with Crippen LogP contribution >= 0.6 is 0 Å². The smallest absolute Gasteiger partial charge is 0.0515 e. The van der Waals surface area contributed by atoms with Crippen LogP contribution in [0.2, 0.25) is 0 Å². The molecule has 1 heteroatoms. The standard InChI is InChI=1S/C9H18O/c1-9(8-10-2)6-4-3-5-7-9/h3-8H2,1-2H3. The van der Waals surface area contributed by atoms with E-state index in [0.29, 0.717) is 5.41 Å². The Bertz CT molecular complexity index is 87.4. The van der Waals surface area contributed by atoms with Crippen LogP contribution in [-0.2, 0) is 4.74 Å². The molecule has 1 saturated carbocycles. The van der Waals surface area contributed by atoms with Crippen molar-refractivity contribution in [1.29, 1.82) is 0 Å². The van der Waals surface area contributed by atoms with Crippen LogP contribution in [0.1, 0.15) is 39.0 Å². The molecule has 0 unspecified atom stereocenters. The maximum Gasteiger partial charge on any atom is 0.0515 e. The number of hydrogen-bond donors (Lipinski definition) is 0. The van der Waals surface area contributed by atoms with E-state index in [2.05, 4.69) is 6.92 Å². The van der Waals surface area contributed by atoms with Gasteiger partial charge in [-0.2, -0.15) is 0 Å². The fourth-order valence-electron chi connectivity index (χ4n) is 1.90. The van der Waals surface area contributed by atoms with E-state index in [-0.39, 0.29) is 0 Å². The van der Waals surface area contributed by atoms with Crippen molar-refractivity contribution in [2.45, 2.75) is 39.0 Å². The summed E-state index contributed by atoms with van der Waals surface area (Å²) in [4.78, 5) is 0. The lowest BCUT2D eigenvalue weighted by atomic mass is 9.76. The monoisotopic (exact) mass is 142 g/mol. The predicted molar refractivity (Wildman–Crippen MR) is 43.1 cm³/mol. The highest BCUT2D eigenvalue weighted by Crippen LogP contribution is 2.35. The summed E-state index contributed by atoms with van der Waals surface area (Å²) in [6, 6.07) is 0. The van der Waals surface area contributed by atoms with E-state index in [1.54, 1.807) is 7.11 Å². The molecule has 0 aliphatic heterocycles. The van der Waals surface area contributed by atoms with Crippen LogP contribution in [-0.4, -0.2) is 13.7 Å². The zero-order valence-corrected chi connectivity index (χ0v) is 7.15. The van der Waals surface area contributed by atoms with Crippen molar-refractivity contribution < 1.29 is 4.74 Å². The molecular weight excluding hydrogens is 124 g/mol. The van der Waals surface area contributed by atoms with E-state index >= 15 is 0 Å². The van der Waals surface area contributed by atoms with Crippen LogP contribution < -0.4 is 0 Å². The zero-order chi connectivity index (χ0) is 7.45. The molecule has 0 heterocycles. The molecule has 1 rings (SSSR count). The Labute approximate surface area is 63.8 Å². The number of hydrogen-bond acceptors (Lipinski definition) is 1. The first-order chi connectivity index (χ1) is 4.77. The first-order valence-corrected chi connectivity index (χ1v) is 4.26. The summed E-state index contributed by atoms with van der Waals surface area (Å²) < 4.78 is 5.18. The Kier molecular flexibility index (Phi) is 2.72. The first-order valence-electron chi connectivity index (χ1n) is 4.26. The molecule has 1 fully saturated rings. The second-order valence-electron chi connectivity index (χ2n) is 3.80. The summed E-state index contributed by atoms with van der Waals surface area (Å²) >= 11 is 0. The van der Waals surface area contributed by atoms with Crippen LogP contribution in [0.4, 0.5) is 0 Å². The molecule has 0 bridgehead atoms. The molecule has 0 saturated heterocycles. The van der Waals surface area contributed by atoms with Crippen molar-refractivity contribution in [3.63, 3.8) is 0 Å². The maximum absolute atomic E-state index is 5.18. The Morgan fingerprint density at radius 2 is 1.80 bits per heavy atom. The highest BCUT2D eigenvalue weighted by atomic mass is 16.5. The molecule has 0 aromatic rings. The molecule has 1 aliphatic rings. The van der Waals surface area contributed by atoms with E-state index in [4.69, 9.17) is 4.74 Å². The van der Waals surface area contributed by atoms with E-state index in [1.165, 1.54) is 32.1 Å². The highest BCUT2D eigenvalue weighted by molar-refractivity contribution is 4.77. The van der Waals surface area contributed by atoms with Gasteiger partial charge >= 0.3 is 0 Å². The Balaban J connectivity index is 2.32. The van der Waals surface area contributed by atoms with Crippen molar-refractivity contribution in [1.82, 2.24) is 0 Å². The third-order valence-corrected chi connectivity index (χ3v) is 2.55. The Morgan fingerprint density at radius 1 is 1.20 bits per heavy atom. The average molecular weight is 142 g/mol. The second kappa shape index (κ2) is 3.38. The summed E-state index contributed by atoms with van der Waals surface area (Å²) in [6.07, 6.45) is 6.96. The fraction of sp³-hybridized carbons (Fsp3) is 1.00. The van der Waals surface area contributed by atoms with Gasteiger partial charge in [0.1, 0.15) is 0 Å². The van der Waals surface area contributed by atoms with Crippen molar-refractivity contribution in [3.8, 4) is 0 Å². The third-order valence-electron chi connectivity index (χ3n) is 2.55. The number of rotatable bonds is 2. The van der Waals surface area contributed by atoms with Crippen LogP contribution in [0.3, 0.4) is 0 Å². The van der Waals surface area contributed by atoms with Gasteiger partial charge < -0.3 is 4.74 Å². The van der Waals surface area contributed by atoms with Crippen molar-refractivity contribution in [3.05, 3.63) is 0 Å². The van der Waals surface area contributed by atoms with Crippen molar-refractivity contribution >= 4 is 0 Å². The molecule has 1 nitrogen and oxygen atoms in total. The molecule has 0 aromatic heterocycles. The van der Waals surface area contributed by atoms with Gasteiger partial charge in [0, 0.05) is 7.11 Å². The Hall–Kier alpha value is -0.0400. The van der Waals surface area contributed by atoms with Gasteiger partial charge in [-0.15, -0.1) is 0 Å². The van der Waals surface area contributed by atoms with Crippen LogP contribution in [0.5, 0.6) is 0 Å². The summed E-state index contributed by atoms with van der Waals surface area (Å²) in [5, 5.41) is 0. The van der Waals surface area contributed by atoms with Crippen molar-refractivity contribution in [2.75, 3.05) is 13.7 Å². The van der Waals surface area contributed by atoms with E-state index in [1.807, 2.05) is 0 Å². The maximum atomic E-state index is 5.18. The molecule has 0 amide bonds. The summed E-state index contributed by atoms with van der Waals surface area (Å²) in [5.74, 6) is 0. The zero-order valence-electron chi connectivity index (χ0n) is 7.15. The summed E-state index contributed by atoms with van der Waals surface area (Å²) in [7, 11) is 1.81. The van der Waals surface area contributed by atoms with Gasteiger partial charge in [-0.1, -0.05) is 26.2 Å². The Morgan fingerprint density at radius 3 is 2.30 bits per heavy atom. The topological polar surface area (TPSA) is 9.23 Å². The average Bonchev–Trinajstić information content (AvgIpc) is 1.89. The minimum atomic E-state index is 0.507. The lowest BCUT2D eigenvalue weighted by Crippen LogP contribution is -2.25. The lowest BCUT2D eigenvalue weighted by molar-refractivity contribution is 0.0629. The van der Waals surface area contributed by atoms with Gasteiger partial charge in [-0.3, -0.25) is 0 Å². The van der Waals surface area contributed by atoms with Gasteiger partial charge in [0.15, 0.2) is 0 Å². The molecule has 0 aromatic carbocycles. The summed E-state index contributed by atoms with van der Waals surface area (Å²) in [5.41, 5.74) is 0.507. The van der Waals surface area contributed by atoms with Gasteiger partial charge in [-0.05, 0) is 18.3 Å². The molecule has 0 N–H and O–H groups in total. The molecule has 60 valence electrons. The minimum Gasteiger partial charge on any atom is -0.384 e. The molecule has 0 radical (unpaired) electrons. The van der Waals surface area contributed by atoms with Gasteiger partial charge in [-0.25, -0.2) is 0 Å². The first kappa shape index (κ1) is 8.06. The number of ether oxygens (including phenoxy) is 1. The quantitative estimate of drug-likeness (QED) is 0.576. The SMILES string of the molecule is COCC1(C)CCCCC1. The molecule has 0 atom stereocenters. The molecular formula is C9H18O. The molecule has 0 spiro atoms. The minimum absolute atomic E-state index is 0.507. The van der Waals surface area contributed by atoms with Gasteiger partial charge in [0.2, 0.25) is 0 Å². The predicted octanol–water partition coefficient (Wildman–Crippen LogP) is 2.60. The third kappa shape index (κ3) is 1.98. The summed E-state index contributed by atoms with van der Waals surface area (Å²) in [6.45, 7) is 3.29. The second-order valence-corrected chi connectivity index (χ2v) is 3.80. The normalized spacial score (nSPS) is 24.6. The highest BCUT2D eigenvalue weighted by Gasteiger charge is 2.25. The van der Waals surface area contributed by atoms with Crippen LogP contribution in [0.15, 0.2) is 0 Å². The molecule has 1 aliphatic carbocycles. The van der Waals surface area contributed by atoms with E-state index in [9.17, 15) is 0 Å². The van der Waals surface area contributed by atoms with Crippen LogP contribution in [0, 0.1) is 5.41 Å². The van der Waals surface area contributed by atoms with E-state index < -0.39 is 0 Å².